The van der Waals surface area contributed by atoms with E-state index in [9.17, 15) is 8.78 Å². The van der Waals surface area contributed by atoms with Crippen molar-refractivity contribution in [3.05, 3.63) is 35.4 Å². The molecule has 1 aromatic carbocycles. The smallest absolute Gasteiger partial charge is 0.162 e. The molecule has 2 rings (SSSR count). The Kier molecular flexibility index (Phi) is 4.87. The summed E-state index contributed by atoms with van der Waals surface area (Å²) < 4.78 is 26.2. The average Bonchev–Trinajstić information content (AvgIpc) is 2.25. The summed E-state index contributed by atoms with van der Waals surface area (Å²) in [5.74, 6) is -1.24. The molecule has 1 aromatic rings. The molecule has 0 N–H and O–H groups in total. The normalized spacial score (nSPS) is 16.3. The average molecular weight is 227 g/mol. The molecule has 0 radical (unpaired) electrons. The second-order valence-electron chi connectivity index (χ2n) is 3.69. The molecule has 0 atom stereocenters. The van der Waals surface area contributed by atoms with Gasteiger partial charge in [-0.15, -0.1) is 0 Å². The Balaban J connectivity index is 0.000000606. The molecule has 1 aliphatic heterocycles. The number of likely N-dealkylation sites (N-methyl/N-ethyl adjacent to an activating group) is 1. The van der Waals surface area contributed by atoms with Gasteiger partial charge in [0, 0.05) is 19.0 Å². The maximum absolute atomic E-state index is 13.3. The summed E-state index contributed by atoms with van der Waals surface area (Å²) in [4.78, 5) is 2.20. The van der Waals surface area contributed by atoms with Gasteiger partial charge < -0.3 is 4.90 Å². The SMILES string of the molecule is CC.CCN1CC(c2cccc(F)c2F)C1. The summed E-state index contributed by atoms with van der Waals surface area (Å²) in [5.41, 5.74) is 0.523. The monoisotopic (exact) mass is 227 g/mol. The summed E-state index contributed by atoms with van der Waals surface area (Å²) in [6, 6.07) is 4.41. The summed E-state index contributed by atoms with van der Waals surface area (Å²) in [6.07, 6.45) is 0. The van der Waals surface area contributed by atoms with Crippen LogP contribution in [0.1, 0.15) is 32.3 Å². The van der Waals surface area contributed by atoms with E-state index in [1.807, 2.05) is 13.8 Å². The predicted octanol–water partition coefficient (Wildman–Crippen LogP) is 3.41. The van der Waals surface area contributed by atoms with Gasteiger partial charge in [-0.2, -0.15) is 0 Å². The topological polar surface area (TPSA) is 3.24 Å². The zero-order valence-corrected chi connectivity index (χ0v) is 10.1. The largest absolute Gasteiger partial charge is 0.302 e. The van der Waals surface area contributed by atoms with Gasteiger partial charge in [0.25, 0.3) is 0 Å². The lowest BCUT2D eigenvalue weighted by Gasteiger charge is -2.38. The van der Waals surface area contributed by atoms with E-state index in [0.29, 0.717) is 5.56 Å². The van der Waals surface area contributed by atoms with Gasteiger partial charge in [-0.1, -0.05) is 32.9 Å². The van der Waals surface area contributed by atoms with Crippen LogP contribution in [0.5, 0.6) is 0 Å². The molecular formula is C13H19F2N. The van der Waals surface area contributed by atoms with Crippen molar-refractivity contribution in [2.75, 3.05) is 19.6 Å². The lowest BCUT2D eigenvalue weighted by molar-refractivity contribution is 0.154. The molecule has 1 fully saturated rings. The van der Waals surface area contributed by atoms with Crippen molar-refractivity contribution >= 4 is 0 Å². The molecule has 1 aliphatic rings. The maximum atomic E-state index is 13.3. The molecule has 0 spiro atoms. The van der Waals surface area contributed by atoms with E-state index in [-0.39, 0.29) is 5.92 Å². The van der Waals surface area contributed by atoms with Crippen LogP contribution >= 0.6 is 0 Å². The fourth-order valence-electron chi connectivity index (χ4n) is 1.86. The van der Waals surface area contributed by atoms with Gasteiger partial charge in [0.1, 0.15) is 0 Å². The van der Waals surface area contributed by atoms with Crippen LogP contribution in [0.2, 0.25) is 0 Å². The van der Waals surface area contributed by atoms with Crippen molar-refractivity contribution in [1.82, 2.24) is 4.90 Å². The molecule has 1 saturated heterocycles. The Morgan fingerprint density at radius 1 is 1.25 bits per heavy atom. The zero-order valence-electron chi connectivity index (χ0n) is 10.1. The third-order valence-corrected chi connectivity index (χ3v) is 2.83. The number of rotatable bonds is 2. The zero-order chi connectivity index (χ0) is 12.1. The van der Waals surface area contributed by atoms with E-state index >= 15 is 0 Å². The standard InChI is InChI=1S/C11H13F2N.C2H6/c1-2-14-6-8(7-14)9-4-3-5-10(12)11(9)13;1-2/h3-5,8H,2,6-7H2,1H3;1-2H3. The number of halogens is 2. The first-order chi connectivity index (χ1) is 7.72. The van der Waals surface area contributed by atoms with E-state index in [4.69, 9.17) is 0 Å². The fourth-order valence-corrected chi connectivity index (χ4v) is 1.86. The van der Waals surface area contributed by atoms with E-state index in [1.165, 1.54) is 0 Å². The molecule has 1 nitrogen and oxygen atoms in total. The highest BCUT2D eigenvalue weighted by atomic mass is 19.2. The number of likely N-dealkylation sites (tertiary alicyclic amines) is 1. The summed E-state index contributed by atoms with van der Waals surface area (Å²) in [6.45, 7) is 8.74. The summed E-state index contributed by atoms with van der Waals surface area (Å²) in [5, 5.41) is 0. The Bertz CT molecular complexity index is 333. The Hall–Kier alpha value is -0.960. The molecule has 3 heteroatoms. The van der Waals surface area contributed by atoms with Gasteiger partial charge in [0.15, 0.2) is 11.6 Å². The molecule has 0 aromatic heterocycles. The molecule has 1 heterocycles. The highest BCUT2D eigenvalue weighted by Crippen LogP contribution is 2.29. The van der Waals surface area contributed by atoms with E-state index < -0.39 is 11.6 Å². The lowest BCUT2D eigenvalue weighted by atomic mass is 9.91. The Labute approximate surface area is 96.1 Å². The Morgan fingerprint density at radius 2 is 1.88 bits per heavy atom. The lowest BCUT2D eigenvalue weighted by Crippen LogP contribution is -2.44. The minimum atomic E-state index is -0.738. The number of hydrogen-bond acceptors (Lipinski definition) is 1. The van der Waals surface area contributed by atoms with Crippen LogP contribution in [0.15, 0.2) is 18.2 Å². The van der Waals surface area contributed by atoms with Crippen molar-refractivity contribution in [3.63, 3.8) is 0 Å². The van der Waals surface area contributed by atoms with E-state index in [2.05, 4.69) is 11.8 Å². The number of benzene rings is 1. The fraction of sp³-hybridized carbons (Fsp3) is 0.538. The van der Waals surface area contributed by atoms with Crippen LogP contribution < -0.4 is 0 Å². The molecule has 0 bridgehead atoms. The molecule has 0 unspecified atom stereocenters. The predicted molar refractivity (Wildman–Crippen MR) is 62.6 cm³/mol. The van der Waals surface area contributed by atoms with Crippen molar-refractivity contribution in [2.24, 2.45) is 0 Å². The second kappa shape index (κ2) is 5.94. The quantitative estimate of drug-likeness (QED) is 0.748. The van der Waals surface area contributed by atoms with Crippen LogP contribution in [0.25, 0.3) is 0 Å². The minimum absolute atomic E-state index is 0.172. The van der Waals surface area contributed by atoms with Gasteiger partial charge in [0.2, 0.25) is 0 Å². The maximum Gasteiger partial charge on any atom is 0.162 e. The highest BCUT2D eigenvalue weighted by molar-refractivity contribution is 5.25. The molecule has 16 heavy (non-hydrogen) atoms. The van der Waals surface area contributed by atoms with Gasteiger partial charge in [-0.25, -0.2) is 8.78 Å². The first-order valence-corrected chi connectivity index (χ1v) is 5.88. The third kappa shape index (κ3) is 2.59. The van der Waals surface area contributed by atoms with Gasteiger partial charge in [0.05, 0.1) is 0 Å². The van der Waals surface area contributed by atoms with E-state index in [1.54, 1.807) is 12.1 Å². The molecule has 0 saturated carbocycles. The van der Waals surface area contributed by atoms with Crippen molar-refractivity contribution in [2.45, 2.75) is 26.7 Å². The van der Waals surface area contributed by atoms with Crippen molar-refractivity contribution in [1.29, 1.82) is 0 Å². The van der Waals surface area contributed by atoms with Crippen molar-refractivity contribution in [3.8, 4) is 0 Å². The highest BCUT2D eigenvalue weighted by Gasteiger charge is 2.29. The minimum Gasteiger partial charge on any atom is -0.302 e. The van der Waals surface area contributed by atoms with Crippen LogP contribution in [0, 0.1) is 11.6 Å². The number of nitrogens with zero attached hydrogens (tertiary/aromatic N) is 1. The van der Waals surface area contributed by atoms with Crippen LogP contribution in [0.3, 0.4) is 0 Å². The molecule has 0 aliphatic carbocycles. The molecule has 90 valence electrons. The van der Waals surface area contributed by atoms with Crippen LogP contribution in [0.4, 0.5) is 8.78 Å². The first-order valence-electron chi connectivity index (χ1n) is 5.88. The third-order valence-electron chi connectivity index (χ3n) is 2.83. The first kappa shape index (κ1) is 13.1. The van der Waals surface area contributed by atoms with Gasteiger partial charge in [-0.05, 0) is 18.2 Å². The van der Waals surface area contributed by atoms with Crippen LogP contribution in [-0.2, 0) is 0 Å². The summed E-state index contributed by atoms with van der Waals surface area (Å²) in [7, 11) is 0. The van der Waals surface area contributed by atoms with Gasteiger partial charge >= 0.3 is 0 Å². The molecular weight excluding hydrogens is 208 g/mol. The van der Waals surface area contributed by atoms with Gasteiger partial charge in [-0.3, -0.25) is 0 Å². The summed E-state index contributed by atoms with van der Waals surface area (Å²) >= 11 is 0. The van der Waals surface area contributed by atoms with Crippen molar-refractivity contribution < 1.29 is 8.78 Å². The number of hydrogen-bond donors (Lipinski definition) is 0. The van der Waals surface area contributed by atoms with E-state index in [0.717, 1.165) is 25.7 Å². The Morgan fingerprint density at radius 3 is 2.44 bits per heavy atom. The van der Waals surface area contributed by atoms with Crippen LogP contribution in [-0.4, -0.2) is 24.5 Å². The second-order valence-corrected chi connectivity index (χ2v) is 3.69. The molecule has 0 amide bonds.